The van der Waals surface area contributed by atoms with Crippen LogP contribution in [0.4, 0.5) is 5.69 Å². The summed E-state index contributed by atoms with van der Waals surface area (Å²) in [5.41, 5.74) is 3.62. The molecule has 1 aromatic heterocycles. The molecule has 0 saturated heterocycles. The summed E-state index contributed by atoms with van der Waals surface area (Å²) in [7, 11) is 0. The van der Waals surface area contributed by atoms with Crippen LogP contribution in [-0.4, -0.2) is 34.7 Å². The Morgan fingerprint density at radius 1 is 1.02 bits per heavy atom. The summed E-state index contributed by atoms with van der Waals surface area (Å²) in [4.78, 5) is 29.1. The molecule has 7 nitrogen and oxygen atoms in total. The number of pyridine rings is 1. The van der Waals surface area contributed by atoms with Gasteiger partial charge in [-0.2, -0.15) is 0 Å². The molecule has 1 fully saturated rings. The quantitative estimate of drug-likeness (QED) is 0.165. The number of carbonyl (C=O) groups is 2. The Kier molecular flexibility index (Phi) is 11.4. The highest BCUT2D eigenvalue weighted by Gasteiger charge is 2.37. The molecule has 0 radical (unpaired) electrons. The average molecular weight is 585 g/mol. The predicted molar refractivity (Wildman–Crippen MR) is 171 cm³/mol. The molecule has 1 amide bonds. The molecule has 0 spiro atoms. The monoisotopic (exact) mass is 584 g/mol. The van der Waals surface area contributed by atoms with E-state index >= 15 is 0 Å². The first-order valence-electron chi connectivity index (χ1n) is 15.5. The Bertz CT molecular complexity index is 1390. The maximum Gasteiger partial charge on any atom is 0.310 e. The minimum absolute atomic E-state index is 0.0613. The van der Waals surface area contributed by atoms with Crippen LogP contribution in [0.5, 0.6) is 11.6 Å². The largest absolute Gasteiger partial charge is 0.490 e. The first kappa shape index (κ1) is 31.8. The number of rotatable bonds is 16. The van der Waals surface area contributed by atoms with Crippen molar-refractivity contribution in [3.63, 3.8) is 0 Å². The topological polar surface area (TPSA) is 97.8 Å². The fourth-order valence-corrected chi connectivity index (χ4v) is 5.08. The number of aliphatic carboxylic acids is 1. The van der Waals surface area contributed by atoms with Crippen molar-refractivity contribution in [1.82, 2.24) is 4.98 Å². The van der Waals surface area contributed by atoms with Gasteiger partial charge in [0.1, 0.15) is 5.75 Å². The molecule has 0 unspecified atom stereocenters. The van der Waals surface area contributed by atoms with E-state index in [0.29, 0.717) is 37.1 Å². The molecular formula is C36H44N2O5. The van der Waals surface area contributed by atoms with Crippen LogP contribution in [0.3, 0.4) is 0 Å². The van der Waals surface area contributed by atoms with Crippen LogP contribution in [0.15, 0.2) is 60.7 Å². The molecule has 0 atom stereocenters. The summed E-state index contributed by atoms with van der Waals surface area (Å²) in [6, 6.07) is 19.8. The van der Waals surface area contributed by atoms with E-state index in [0.717, 1.165) is 41.8 Å². The molecule has 1 aliphatic carbocycles. The van der Waals surface area contributed by atoms with Gasteiger partial charge in [-0.3, -0.25) is 9.59 Å². The van der Waals surface area contributed by atoms with Gasteiger partial charge < -0.3 is 19.9 Å². The fourth-order valence-electron chi connectivity index (χ4n) is 5.08. The Balaban J connectivity index is 1.25. The predicted octanol–water partition coefficient (Wildman–Crippen LogP) is 8.11. The van der Waals surface area contributed by atoms with E-state index in [9.17, 15) is 14.7 Å². The molecule has 4 rings (SSSR count). The number of carboxylic acid groups (broad SMARTS) is 1. The van der Waals surface area contributed by atoms with Crippen LogP contribution in [0, 0.1) is 12.3 Å². The zero-order chi connectivity index (χ0) is 30.7. The highest BCUT2D eigenvalue weighted by atomic mass is 16.5. The van der Waals surface area contributed by atoms with Crippen molar-refractivity contribution >= 4 is 29.7 Å². The summed E-state index contributed by atoms with van der Waals surface area (Å²) in [6.45, 7) is 6.22. The summed E-state index contributed by atoms with van der Waals surface area (Å²) in [5, 5.41) is 12.5. The van der Waals surface area contributed by atoms with Crippen LogP contribution in [-0.2, 0) is 16.0 Å². The van der Waals surface area contributed by atoms with E-state index in [2.05, 4.69) is 34.6 Å². The molecule has 3 aromatic rings. The van der Waals surface area contributed by atoms with E-state index in [-0.39, 0.29) is 12.3 Å². The maximum atomic E-state index is 12.7. The number of carboxylic acids is 1. The smallest absolute Gasteiger partial charge is 0.310 e. The molecule has 1 aliphatic rings. The first-order valence-corrected chi connectivity index (χ1v) is 15.5. The van der Waals surface area contributed by atoms with Gasteiger partial charge in [-0.1, -0.05) is 50.3 Å². The van der Waals surface area contributed by atoms with Gasteiger partial charge in [0.25, 0.3) is 0 Å². The fraction of sp³-hybridized carbons (Fsp3) is 0.417. The highest BCUT2D eigenvalue weighted by molar-refractivity contribution is 5.94. The van der Waals surface area contributed by atoms with E-state index in [4.69, 9.17) is 9.47 Å². The molecule has 0 aliphatic heterocycles. The Morgan fingerprint density at radius 3 is 2.47 bits per heavy atom. The molecule has 1 saturated carbocycles. The number of nitrogens with one attached hydrogen (secondary N) is 1. The van der Waals surface area contributed by atoms with Crippen LogP contribution in [0.1, 0.15) is 87.6 Å². The van der Waals surface area contributed by atoms with Crippen molar-refractivity contribution < 1.29 is 24.2 Å². The van der Waals surface area contributed by atoms with Crippen LogP contribution in [0.25, 0.3) is 12.2 Å². The van der Waals surface area contributed by atoms with Crippen molar-refractivity contribution in [1.29, 1.82) is 0 Å². The van der Waals surface area contributed by atoms with Crippen LogP contribution >= 0.6 is 0 Å². The van der Waals surface area contributed by atoms with Gasteiger partial charge in [-0.15, -0.1) is 0 Å². The minimum Gasteiger partial charge on any atom is -0.490 e. The van der Waals surface area contributed by atoms with Crippen molar-refractivity contribution in [3.8, 4) is 11.6 Å². The summed E-state index contributed by atoms with van der Waals surface area (Å²) >= 11 is 0. The first-order chi connectivity index (χ1) is 20.8. The van der Waals surface area contributed by atoms with Gasteiger partial charge >= 0.3 is 5.97 Å². The molecule has 1 heterocycles. The zero-order valence-electron chi connectivity index (χ0n) is 25.6. The Labute approximate surface area is 255 Å². The average Bonchev–Trinajstić information content (AvgIpc) is 2.98. The number of benzene rings is 2. The Hall–Kier alpha value is -4.13. The van der Waals surface area contributed by atoms with Gasteiger partial charge in [0, 0.05) is 18.2 Å². The minimum atomic E-state index is -1.05. The molecule has 2 aromatic carbocycles. The number of carbonyl (C=O) groups excluding carboxylic acids is 1. The number of hydrogen-bond acceptors (Lipinski definition) is 5. The lowest BCUT2D eigenvalue weighted by atomic mass is 9.79. The van der Waals surface area contributed by atoms with Gasteiger partial charge in [0.2, 0.25) is 11.8 Å². The van der Waals surface area contributed by atoms with Crippen LogP contribution in [0.2, 0.25) is 0 Å². The normalized spacial score (nSPS) is 13.5. The van der Waals surface area contributed by atoms with Crippen molar-refractivity contribution in [3.05, 3.63) is 83.0 Å². The van der Waals surface area contributed by atoms with Crippen LogP contribution < -0.4 is 14.8 Å². The molecular weight excluding hydrogens is 540 g/mol. The molecule has 43 heavy (non-hydrogen) atoms. The number of unbranched alkanes of at least 4 members (excludes halogenated alkanes) is 1. The SMILES string of the molecule is CCC(CC)(CC(=O)Nc1cccc(C=Cc2nc(OCCCCc3ccc(OC4CCC4)cc3)ccc2C)c1)C(=O)O. The van der Waals surface area contributed by atoms with E-state index in [1.54, 1.807) is 19.9 Å². The lowest BCUT2D eigenvalue weighted by molar-refractivity contribution is -0.151. The summed E-state index contributed by atoms with van der Waals surface area (Å²) in [6.07, 6.45) is 11.6. The van der Waals surface area contributed by atoms with E-state index in [1.807, 2.05) is 49.4 Å². The number of amides is 1. The van der Waals surface area contributed by atoms with Gasteiger partial charge in [-0.05, 0) is 105 Å². The Morgan fingerprint density at radius 2 is 1.79 bits per heavy atom. The van der Waals surface area contributed by atoms with Gasteiger partial charge in [0.05, 0.1) is 23.8 Å². The number of ether oxygens (including phenoxy) is 2. The lowest BCUT2D eigenvalue weighted by Crippen LogP contribution is -2.34. The number of anilines is 1. The maximum absolute atomic E-state index is 12.7. The highest BCUT2D eigenvalue weighted by Crippen LogP contribution is 2.31. The van der Waals surface area contributed by atoms with E-state index in [1.165, 1.54) is 24.8 Å². The second kappa shape index (κ2) is 15.4. The van der Waals surface area contributed by atoms with Crippen molar-refractivity contribution in [2.75, 3.05) is 11.9 Å². The molecule has 2 N–H and O–H groups in total. The number of aromatic nitrogens is 1. The number of aryl methyl sites for hydroxylation is 2. The molecule has 0 bridgehead atoms. The summed E-state index contributed by atoms with van der Waals surface area (Å²) < 4.78 is 11.9. The number of nitrogens with zero attached hydrogens (tertiary/aromatic N) is 1. The third-order valence-electron chi connectivity index (χ3n) is 8.41. The second-order valence-electron chi connectivity index (χ2n) is 11.4. The van der Waals surface area contributed by atoms with Gasteiger partial charge in [-0.25, -0.2) is 4.98 Å². The third kappa shape index (κ3) is 9.18. The van der Waals surface area contributed by atoms with E-state index < -0.39 is 11.4 Å². The summed E-state index contributed by atoms with van der Waals surface area (Å²) in [5.74, 6) is 0.322. The third-order valence-corrected chi connectivity index (χ3v) is 8.41. The standard InChI is InChI=1S/C36H44N2O5/c1-4-36(5-2,35(40)41)25-33(39)37-29-12-8-11-28(24-29)18-21-32-26(3)15-22-34(38-32)42-23-7-6-10-27-16-19-31(20-17-27)43-30-13-9-14-30/h8,11-12,15-22,24,30H,4-7,9-10,13-14,23,25H2,1-3H3,(H,37,39)(H,40,41). The van der Waals surface area contributed by atoms with Crippen molar-refractivity contribution in [2.45, 2.75) is 84.7 Å². The molecule has 7 heteroatoms. The van der Waals surface area contributed by atoms with Gasteiger partial charge in [0.15, 0.2) is 0 Å². The van der Waals surface area contributed by atoms with Crippen molar-refractivity contribution in [2.24, 2.45) is 5.41 Å². The zero-order valence-corrected chi connectivity index (χ0v) is 25.6. The second-order valence-corrected chi connectivity index (χ2v) is 11.4. The lowest BCUT2D eigenvalue weighted by Gasteiger charge is -2.26. The molecule has 228 valence electrons. The number of hydrogen-bond donors (Lipinski definition) is 2.